The van der Waals surface area contributed by atoms with E-state index in [2.05, 4.69) is 41.6 Å². The van der Waals surface area contributed by atoms with Gasteiger partial charge in [-0.15, -0.1) is 0 Å². The van der Waals surface area contributed by atoms with E-state index in [0.717, 1.165) is 46.6 Å². The Balaban J connectivity index is 2.02. The molecule has 1 unspecified atom stereocenters. The second-order valence-corrected chi connectivity index (χ2v) is 7.35. The number of unbranched alkanes of at least 4 members (excludes halogenated alkanes) is 1. The first-order valence-electron chi connectivity index (χ1n) is 7.77. The Morgan fingerprint density at radius 1 is 1.04 bits per heavy atom. The van der Waals surface area contributed by atoms with Gasteiger partial charge in [-0.25, -0.2) is 0 Å². The van der Waals surface area contributed by atoms with Gasteiger partial charge in [-0.1, -0.05) is 61.7 Å². The van der Waals surface area contributed by atoms with Crippen molar-refractivity contribution in [2.75, 3.05) is 0 Å². The molecule has 0 aliphatic heterocycles. The third-order valence-electron chi connectivity index (χ3n) is 3.80. The Kier molecular flexibility index (Phi) is 5.62. The molecule has 0 radical (unpaired) electrons. The maximum Gasteiger partial charge on any atom is 0.181 e. The Hall–Kier alpha value is -1.04. The van der Waals surface area contributed by atoms with E-state index >= 15 is 0 Å². The Morgan fingerprint density at radius 3 is 2.65 bits per heavy atom. The highest BCUT2D eigenvalue weighted by Crippen LogP contribution is 2.36. The number of hydrogen-bond acceptors (Lipinski definition) is 2. The summed E-state index contributed by atoms with van der Waals surface area (Å²) >= 11 is 8.45. The summed E-state index contributed by atoms with van der Waals surface area (Å²) in [6.07, 6.45) is 3.25. The summed E-state index contributed by atoms with van der Waals surface area (Å²) in [4.78, 5) is 11.4. The number of fused-ring (bicyclic) bond motifs is 2. The van der Waals surface area contributed by atoms with Crippen LogP contribution in [0.1, 0.15) is 26.2 Å². The normalized spacial score (nSPS) is 12.7. The topological polar surface area (TPSA) is 18.5 Å². The molecule has 0 saturated carbocycles. The second-order valence-electron chi connectivity index (χ2n) is 5.52. The quantitative estimate of drug-likeness (QED) is 0.136. The van der Waals surface area contributed by atoms with Crippen LogP contribution in [0.4, 0.5) is 0 Å². The Morgan fingerprint density at radius 2 is 1.83 bits per heavy atom. The predicted molar refractivity (Wildman–Crippen MR) is 106 cm³/mol. The van der Waals surface area contributed by atoms with Crippen LogP contribution in [0.2, 0.25) is 5.02 Å². The van der Waals surface area contributed by atoms with E-state index in [0.29, 0.717) is 5.02 Å². The summed E-state index contributed by atoms with van der Waals surface area (Å²) in [6.45, 7) is 2.17. The van der Waals surface area contributed by atoms with Crippen molar-refractivity contribution in [3.05, 3.63) is 53.6 Å². The molecule has 3 rings (SSSR count). The van der Waals surface area contributed by atoms with Gasteiger partial charge < -0.3 is 4.89 Å². The van der Waals surface area contributed by atoms with Gasteiger partial charge in [0.25, 0.3) is 0 Å². The molecule has 3 aromatic rings. The lowest BCUT2D eigenvalue weighted by Crippen LogP contribution is -2.08. The number of rotatable bonds is 6. The standard InChI is InChI=1S/C19H18ClIO2/c1-2-3-8-18(21)22-23-19-16-7-5-4-6-13(16)11-14-9-10-15(20)12-17(14)19/h4-7,9-12,18H,2-3,8H2,1H3. The van der Waals surface area contributed by atoms with Crippen molar-refractivity contribution in [3.63, 3.8) is 0 Å². The summed E-state index contributed by atoms with van der Waals surface area (Å²) in [6, 6.07) is 16.1. The first-order valence-corrected chi connectivity index (χ1v) is 9.40. The summed E-state index contributed by atoms with van der Waals surface area (Å²) in [7, 11) is 0. The van der Waals surface area contributed by atoms with Gasteiger partial charge in [-0.3, -0.25) is 0 Å². The van der Waals surface area contributed by atoms with Crippen LogP contribution in [0.5, 0.6) is 5.75 Å². The molecule has 1 atom stereocenters. The van der Waals surface area contributed by atoms with Crippen molar-refractivity contribution in [1.29, 1.82) is 0 Å². The average molecular weight is 441 g/mol. The highest BCUT2D eigenvalue weighted by Gasteiger charge is 2.13. The molecule has 4 heteroatoms. The minimum atomic E-state index is 0.0285. The van der Waals surface area contributed by atoms with E-state index in [9.17, 15) is 0 Å². The molecule has 0 saturated heterocycles. The molecule has 0 N–H and O–H groups in total. The summed E-state index contributed by atoms with van der Waals surface area (Å²) in [5.74, 6) is 0.735. The molecule has 0 heterocycles. The zero-order chi connectivity index (χ0) is 16.2. The van der Waals surface area contributed by atoms with Crippen molar-refractivity contribution < 1.29 is 9.78 Å². The molecular weight excluding hydrogens is 423 g/mol. The fourth-order valence-corrected chi connectivity index (χ4v) is 3.31. The van der Waals surface area contributed by atoms with Crippen molar-refractivity contribution >= 4 is 55.7 Å². The van der Waals surface area contributed by atoms with Gasteiger partial charge in [0.15, 0.2) is 9.86 Å². The molecule has 0 aliphatic rings. The smallest absolute Gasteiger partial charge is 0.181 e. The molecule has 2 nitrogen and oxygen atoms in total. The van der Waals surface area contributed by atoms with Crippen LogP contribution < -0.4 is 4.89 Å². The first kappa shape index (κ1) is 16.8. The van der Waals surface area contributed by atoms with Crippen molar-refractivity contribution in [1.82, 2.24) is 0 Å². The molecule has 0 bridgehead atoms. The molecule has 3 aromatic carbocycles. The highest BCUT2D eigenvalue weighted by atomic mass is 127. The molecule has 0 spiro atoms. The fraction of sp³-hybridized carbons (Fsp3) is 0.263. The third-order valence-corrected chi connectivity index (χ3v) is 4.86. The molecule has 0 aliphatic carbocycles. The average Bonchev–Trinajstić information content (AvgIpc) is 2.57. The van der Waals surface area contributed by atoms with Gasteiger partial charge in [0.1, 0.15) is 0 Å². The largest absolute Gasteiger partial charge is 0.335 e. The van der Waals surface area contributed by atoms with Gasteiger partial charge in [0, 0.05) is 15.8 Å². The van der Waals surface area contributed by atoms with E-state index in [4.69, 9.17) is 21.4 Å². The number of benzene rings is 3. The number of alkyl halides is 1. The van der Waals surface area contributed by atoms with E-state index in [1.54, 1.807) is 0 Å². The van der Waals surface area contributed by atoms with Crippen LogP contribution >= 0.6 is 34.2 Å². The minimum Gasteiger partial charge on any atom is -0.335 e. The number of halogens is 2. The maximum absolute atomic E-state index is 6.18. The van der Waals surface area contributed by atoms with Gasteiger partial charge >= 0.3 is 0 Å². The van der Waals surface area contributed by atoms with E-state index in [-0.39, 0.29) is 4.11 Å². The van der Waals surface area contributed by atoms with Crippen LogP contribution in [-0.2, 0) is 4.89 Å². The molecule has 23 heavy (non-hydrogen) atoms. The Labute approximate surface area is 154 Å². The zero-order valence-corrected chi connectivity index (χ0v) is 15.8. The molecule has 0 aromatic heterocycles. The second kappa shape index (κ2) is 7.69. The maximum atomic E-state index is 6.18. The highest BCUT2D eigenvalue weighted by molar-refractivity contribution is 14.1. The van der Waals surface area contributed by atoms with Crippen molar-refractivity contribution in [3.8, 4) is 5.75 Å². The van der Waals surface area contributed by atoms with Crippen LogP contribution in [0.15, 0.2) is 48.5 Å². The lowest BCUT2D eigenvalue weighted by molar-refractivity contribution is -0.212. The van der Waals surface area contributed by atoms with Crippen LogP contribution in [-0.4, -0.2) is 4.11 Å². The third kappa shape index (κ3) is 3.90. The number of hydrogen-bond donors (Lipinski definition) is 0. The molecule has 0 amide bonds. The molecule has 0 fully saturated rings. The van der Waals surface area contributed by atoms with Crippen LogP contribution in [0.3, 0.4) is 0 Å². The SMILES string of the molecule is CCCCC(I)OOc1c2ccccc2cc2ccc(Cl)cc12. The lowest BCUT2D eigenvalue weighted by atomic mass is 10.0. The van der Waals surface area contributed by atoms with Gasteiger partial charge in [0.2, 0.25) is 0 Å². The van der Waals surface area contributed by atoms with E-state index < -0.39 is 0 Å². The summed E-state index contributed by atoms with van der Waals surface area (Å²) in [5.41, 5.74) is 0. The van der Waals surface area contributed by atoms with Gasteiger partial charge in [-0.2, -0.15) is 4.89 Å². The predicted octanol–water partition coefficient (Wildman–Crippen LogP) is 6.91. The monoisotopic (exact) mass is 440 g/mol. The molecule has 120 valence electrons. The Bertz CT molecular complexity index is 819. The van der Waals surface area contributed by atoms with E-state index in [1.807, 2.05) is 36.4 Å². The lowest BCUT2D eigenvalue weighted by Gasteiger charge is -2.14. The summed E-state index contributed by atoms with van der Waals surface area (Å²) in [5, 5.41) is 4.90. The van der Waals surface area contributed by atoms with Gasteiger partial charge in [-0.05, 0) is 58.0 Å². The van der Waals surface area contributed by atoms with Crippen LogP contribution in [0, 0.1) is 0 Å². The van der Waals surface area contributed by atoms with Crippen LogP contribution in [0.25, 0.3) is 21.5 Å². The summed E-state index contributed by atoms with van der Waals surface area (Å²) < 4.78 is 0.0285. The fourth-order valence-electron chi connectivity index (χ4n) is 2.60. The zero-order valence-electron chi connectivity index (χ0n) is 12.9. The minimum absolute atomic E-state index is 0.0285. The van der Waals surface area contributed by atoms with Gasteiger partial charge in [0.05, 0.1) is 0 Å². The molecular formula is C19H18ClIO2. The first-order chi connectivity index (χ1) is 11.2. The van der Waals surface area contributed by atoms with Crippen molar-refractivity contribution in [2.45, 2.75) is 30.3 Å². The van der Waals surface area contributed by atoms with Crippen molar-refractivity contribution in [2.24, 2.45) is 0 Å². The van der Waals surface area contributed by atoms with E-state index in [1.165, 1.54) is 0 Å².